The molecule has 6 nitrogen and oxygen atoms in total. The number of rotatable bonds is 13. The molecular weight excluding hydrogens is 460 g/mol. The smallest absolute Gasteiger partial charge is 0.259 e. The maximum atomic E-state index is 12.9. The fourth-order valence-electron chi connectivity index (χ4n) is 2.97. The summed E-state index contributed by atoms with van der Waals surface area (Å²) in [4.78, 5) is 25.2. The Morgan fingerprint density at radius 1 is 0.968 bits per heavy atom. The van der Waals surface area contributed by atoms with Gasteiger partial charge in [-0.05, 0) is 49.2 Å². The monoisotopic (exact) mass is 490 g/mol. The number of hydrogen-bond donors (Lipinski definition) is 2. The number of hydrogen-bond acceptors (Lipinski definition) is 4. The van der Waals surface area contributed by atoms with Crippen molar-refractivity contribution in [3.8, 4) is 5.75 Å². The van der Waals surface area contributed by atoms with Crippen LogP contribution in [0.25, 0.3) is 0 Å². The van der Waals surface area contributed by atoms with Gasteiger partial charge in [-0.3, -0.25) is 9.59 Å². The predicted molar refractivity (Wildman–Crippen MR) is 127 cm³/mol. The van der Waals surface area contributed by atoms with Crippen molar-refractivity contribution >= 4 is 33.4 Å². The molecule has 2 rings (SSSR count). The highest BCUT2D eigenvalue weighted by atomic mass is 79.9. The molecule has 2 aromatic carbocycles. The SMILES string of the molecule is CCCCCCOc1ccc(Br)cc1C(=O)Nc1cccc(C(=O)NCCCOC)c1. The second kappa shape index (κ2) is 13.8. The summed E-state index contributed by atoms with van der Waals surface area (Å²) in [6.45, 7) is 3.85. The Hall–Kier alpha value is -2.38. The van der Waals surface area contributed by atoms with E-state index in [-0.39, 0.29) is 11.8 Å². The Morgan fingerprint density at radius 2 is 1.81 bits per heavy atom. The lowest BCUT2D eigenvalue weighted by Gasteiger charge is -2.13. The van der Waals surface area contributed by atoms with Gasteiger partial charge in [-0.1, -0.05) is 48.2 Å². The predicted octanol–water partition coefficient (Wildman–Crippen LogP) is 5.43. The van der Waals surface area contributed by atoms with Gasteiger partial charge in [0, 0.05) is 36.0 Å². The number of anilines is 1. The summed E-state index contributed by atoms with van der Waals surface area (Å²) in [5.74, 6) is 0.0671. The van der Waals surface area contributed by atoms with Crippen molar-refractivity contribution in [2.24, 2.45) is 0 Å². The van der Waals surface area contributed by atoms with Gasteiger partial charge in [0.2, 0.25) is 0 Å². The topological polar surface area (TPSA) is 76.7 Å². The minimum Gasteiger partial charge on any atom is -0.493 e. The minimum atomic E-state index is -0.289. The number of carbonyl (C=O) groups excluding carboxylic acids is 2. The fraction of sp³-hybridized carbons (Fsp3) is 0.417. The van der Waals surface area contributed by atoms with Crippen molar-refractivity contribution in [2.75, 3.05) is 32.2 Å². The molecule has 2 N–H and O–H groups in total. The van der Waals surface area contributed by atoms with E-state index in [1.54, 1.807) is 43.5 Å². The maximum Gasteiger partial charge on any atom is 0.259 e. The lowest BCUT2D eigenvalue weighted by molar-refractivity contribution is 0.0947. The highest BCUT2D eigenvalue weighted by Crippen LogP contribution is 2.25. The van der Waals surface area contributed by atoms with Crippen LogP contribution in [0.4, 0.5) is 5.69 Å². The average molecular weight is 491 g/mol. The van der Waals surface area contributed by atoms with Gasteiger partial charge in [0.25, 0.3) is 11.8 Å². The summed E-state index contributed by atoms with van der Waals surface area (Å²) < 4.78 is 11.6. The number of unbranched alkanes of at least 4 members (excludes halogenated alkanes) is 3. The first-order valence-corrected chi connectivity index (χ1v) is 11.5. The van der Waals surface area contributed by atoms with Gasteiger partial charge in [0.05, 0.1) is 12.2 Å². The summed E-state index contributed by atoms with van der Waals surface area (Å²) in [6, 6.07) is 12.3. The van der Waals surface area contributed by atoms with Crippen molar-refractivity contribution in [1.82, 2.24) is 5.32 Å². The molecule has 7 heteroatoms. The number of amides is 2. The van der Waals surface area contributed by atoms with Crippen molar-refractivity contribution in [1.29, 1.82) is 0 Å². The molecule has 31 heavy (non-hydrogen) atoms. The first-order valence-electron chi connectivity index (χ1n) is 10.7. The van der Waals surface area contributed by atoms with E-state index in [9.17, 15) is 9.59 Å². The molecule has 2 amide bonds. The van der Waals surface area contributed by atoms with Crippen LogP contribution < -0.4 is 15.4 Å². The molecule has 0 saturated heterocycles. The largest absolute Gasteiger partial charge is 0.493 e. The average Bonchev–Trinajstić information content (AvgIpc) is 2.77. The zero-order chi connectivity index (χ0) is 22.5. The summed E-state index contributed by atoms with van der Waals surface area (Å²) in [5, 5.41) is 5.71. The highest BCUT2D eigenvalue weighted by molar-refractivity contribution is 9.10. The highest BCUT2D eigenvalue weighted by Gasteiger charge is 2.15. The van der Waals surface area contributed by atoms with E-state index >= 15 is 0 Å². The molecule has 0 aliphatic heterocycles. The third-order valence-corrected chi connectivity index (χ3v) is 5.13. The second-order valence-corrected chi connectivity index (χ2v) is 8.10. The van der Waals surface area contributed by atoms with E-state index in [2.05, 4.69) is 33.5 Å². The molecule has 0 saturated carbocycles. The van der Waals surface area contributed by atoms with Crippen molar-refractivity contribution in [3.63, 3.8) is 0 Å². The van der Waals surface area contributed by atoms with Crippen LogP contribution in [0.15, 0.2) is 46.9 Å². The van der Waals surface area contributed by atoms with E-state index in [1.807, 2.05) is 6.07 Å². The summed E-state index contributed by atoms with van der Waals surface area (Å²) in [6.07, 6.45) is 5.13. The molecule has 2 aromatic rings. The van der Waals surface area contributed by atoms with E-state index in [1.165, 1.54) is 6.42 Å². The van der Waals surface area contributed by atoms with Crippen LogP contribution in [0, 0.1) is 0 Å². The van der Waals surface area contributed by atoms with Gasteiger partial charge in [-0.25, -0.2) is 0 Å². The van der Waals surface area contributed by atoms with Gasteiger partial charge in [-0.2, -0.15) is 0 Å². The number of carbonyl (C=O) groups is 2. The molecule has 0 aromatic heterocycles. The normalized spacial score (nSPS) is 10.5. The van der Waals surface area contributed by atoms with E-state index in [4.69, 9.17) is 9.47 Å². The number of methoxy groups -OCH3 is 1. The lowest BCUT2D eigenvalue weighted by Crippen LogP contribution is -2.25. The van der Waals surface area contributed by atoms with E-state index in [0.717, 1.165) is 30.2 Å². The third-order valence-electron chi connectivity index (χ3n) is 4.64. The Bertz CT molecular complexity index is 857. The number of ether oxygens (including phenoxy) is 2. The first kappa shape index (κ1) is 24.9. The van der Waals surface area contributed by atoms with E-state index < -0.39 is 0 Å². The molecule has 168 valence electrons. The maximum absolute atomic E-state index is 12.9. The molecule has 0 aliphatic rings. The van der Waals surface area contributed by atoms with Crippen molar-refractivity contribution < 1.29 is 19.1 Å². The number of halogens is 1. The third kappa shape index (κ3) is 8.71. The van der Waals surface area contributed by atoms with Gasteiger partial charge in [0.1, 0.15) is 5.75 Å². The lowest BCUT2D eigenvalue weighted by atomic mass is 10.1. The Morgan fingerprint density at radius 3 is 2.58 bits per heavy atom. The molecular formula is C24H31BrN2O4. The van der Waals surface area contributed by atoms with Crippen LogP contribution in [0.1, 0.15) is 59.7 Å². The molecule has 0 spiro atoms. The summed E-state index contributed by atoms with van der Waals surface area (Å²) in [7, 11) is 1.63. The van der Waals surface area contributed by atoms with Gasteiger partial charge < -0.3 is 20.1 Å². The molecule has 0 aliphatic carbocycles. The molecule has 0 atom stereocenters. The number of nitrogens with one attached hydrogen (secondary N) is 2. The van der Waals surface area contributed by atoms with Crippen LogP contribution in [0.3, 0.4) is 0 Å². The first-order chi connectivity index (χ1) is 15.0. The second-order valence-electron chi connectivity index (χ2n) is 7.19. The summed E-state index contributed by atoms with van der Waals surface area (Å²) in [5.41, 5.74) is 1.47. The Labute approximate surface area is 192 Å². The molecule has 0 unspecified atom stereocenters. The van der Waals surface area contributed by atoms with Crippen LogP contribution in [0.2, 0.25) is 0 Å². The van der Waals surface area contributed by atoms with Crippen LogP contribution in [-0.4, -0.2) is 38.7 Å². The summed E-state index contributed by atoms with van der Waals surface area (Å²) >= 11 is 3.42. The van der Waals surface area contributed by atoms with Crippen LogP contribution in [0.5, 0.6) is 5.75 Å². The van der Waals surface area contributed by atoms with E-state index in [0.29, 0.717) is 42.3 Å². The molecule has 0 radical (unpaired) electrons. The Kier molecular flexibility index (Phi) is 11.1. The standard InChI is InChI=1S/C24H31BrN2O4/c1-3-4-5-6-15-31-22-12-11-19(25)17-21(22)24(29)27-20-10-7-9-18(16-20)23(28)26-13-8-14-30-2/h7,9-12,16-17H,3-6,8,13-15H2,1-2H3,(H,26,28)(H,27,29). The number of benzene rings is 2. The van der Waals surface area contributed by atoms with Gasteiger partial charge in [-0.15, -0.1) is 0 Å². The molecule has 0 heterocycles. The quantitative estimate of drug-likeness (QED) is 0.367. The van der Waals surface area contributed by atoms with Crippen molar-refractivity contribution in [3.05, 3.63) is 58.1 Å². The van der Waals surface area contributed by atoms with Gasteiger partial charge in [0.15, 0.2) is 0 Å². The van der Waals surface area contributed by atoms with Gasteiger partial charge >= 0.3 is 0 Å². The zero-order valence-electron chi connectivity index (χ0n) is 18.2. The molecule has 0 bridgehead atoms. The van der Waals surface area contributed by atoms with Crippen molar-refractivity contribution in [2.45, 2.75) is 39.0 Å². The zero-order valence-corrected chi connectivity index (χ0v) is 19.8. The van der Waals surface area contributed by atoms with Crippen LogP contribution >= 0.6 is 15.9 Å². The molecule has 0 fully saturated rings. The van der Waals surface area contributed by atoms with Crippen LogP contribution in [-0.2, 0) is 4.74 Å². The fourth-order valence-corrected chi connectivity index (χ4v) is 3.33. The minimum absolute atomic E-state index is 0.189. The Balaban J connectivity index is 2.02.